The molecule has 0 amide bonds. The Balaban J connectivity index is 1.96. The maximum atomic E-state index is 12.3. The van der Waals surface area contributed by atoms with Crippen LogP contribution in [0.2, 0.25) is 0 Å². The lowest BCUT2D eigenvalue weighted by Crippen LogP contribution is -2.16. The van der Waals surface area contributed by atoms with Crippen molar-refractivity contribution in [2.45, 2.75) is 38.2 Å². The number of hydrogen-bond donors (Lipinski definition) is 1. The summed E-state index contributed by atoms with van der Waals surface area (Å²) in [6.45, 7) is 5.78. The molecule has 2 aromatic carbocycles. The van der Waals surface area contributed by atoms with Crippen LogP contribution >= 0.6 is 0 Å². The number of ether oxygens (including phenoxy) is 1. The molecular weight excluding hydrogens is 352 g/mol. The SMILES string of the molecule is Cc1ccc(S(=O)(=O)OCC(C)Cc2ccccc2OCC(C)O)cc1. The first-order valence-electron chi connectivity index (χ1n) is 8.63. The van der Waals surface area contributed by atoms with Crippen LogP contribution in [-0.2, 0) is 20.7 Å². The lowest BCUT2D eigenvalue weighted by Gasteiger charge is -2.16. The van der Waals surface area contributed by atoms with Crippen molar-refractivity contribution in [3.8, 4) is 5.75 Å². The molecule has 0 saturated carbocycles. The van der Waals surface area contributed by atoms with E-state index in [0.717, 1.165) is 11.1 Å². The molecule has 2 unspecified atom stereocenters. The average molecular weight is 378 g/mol. The number of aliphatic hydroxyl groups is 1. The molecule has 0 aromatic heterocycles. The van der Waals surface area contributed by atoms with E-state index in [4.69, 9.17) is 8.92 Å². The molecule has 0 radical (unpaired) electrons. The summed E-state index contributed by atoms with van der Waals surface area (Å²) in [5, 5.41) is 9.37. The first-order chi connectivity index (χ1) is 12.3. The molecule has 5 nitrogen and oxygen atoms in total. The Kier molecular flexibility index (Phi) is 7.20. The monoisotopic (exact) mass is 378 g/mol. The second kappa shape index (κ2) is 9.16. The van der Waals surface area contributed by atoms with Gasteiger partial charge in [0.15, 0.2) is 0 Å². The van der Waals surface area contributed by atoms with Crippen LogP contribution in [0, 0.1) is 12.8 Å². The van der Waals surface area contributed by atoms with Crippen molar-refractivity contribution in [3.05, 3.63) is 59.7 Å². The zero-order chi connectivity index (χ0) is 19.2. The predicted octanol–water partition coefficient (Wildman–Crippen LogP) is 3.34. The highest BCUT2D eigenvalue weighted by Gasteiger charge is 2.17. The van der Waals surface area contributed by atoms with Crippen LogP contribution in [0.3, 0.4) is 0 Å². The zero-order valence-corrected chi connectivity index (χ0v) is 16.2. The fraction of sp³-hybridized carbons (Fsp3) is 0.400. The van der Waals surface area contributed by atoms with E-state index in [1.54, 1.807) is 31.2 Å². The molecule has 0 fully saturated rings. The molecule has 26 heavy (non-hydrogen) atoms. The number of benzene rings is 2. The van der Waals surface area contributed by atoms with Gasteiger partial charge in [-0.15, -0.1) is 0 Å². The second-order valence-electron chi connectivity index (χ2n) is 6.63. The van der Waals surface area contributed by atoms with E-state index < -0.39 is 16.2 Å². The minimum Gasteiger partial charge on any atom is -0.491 e. The Morgan fingerprint density at radius 2 is 1.65 bits per heavy atom. The third kappa shape index (κ3) is 6.12. The minimum atomic E-state index is -3.76. The van der Waals surface area contributed by atoms with Gasteiger partial charge in [-0.2, -0.15) is 8.42 Å². The van der Waals surface area contributed by atoms with Gasteiger partial charge in [-0.3, -0.25) is 4.18 Å². The summed E-state index contributed by atoms with van der Waals surface area (Å²) in [7, 11) is -3.76. The lowest BCUT2D eigenvalue weighted by molar-refractivity contribution is 0.122. The van der Waals surface area contributed by atoms with Gasteiger partial charge in [0, 0.05) is 0 Å². The van der Waals surface area contributed by atoms with Gasteiger partial charge in [0.1, 0.15) is 12.4 Å². The van der Waals surface area contributed by atoms with Crippen LogP contribution in [0.25, 0.3) is 0 Å². The summed E-state index contributed by atoms with van der Waals surface area (Å²) in [4.78, 5) is 0.163. The normalized spacial score (nSPS) is 14.0. The highest BCUT2D eigenvalue weighted by atomic mass is 32.2. The van der Waals surface area contributed by atoms with Gasteiger partial charge in [-0.1, -0.05) is 42.8 Å². The maximum Gasteiger partial charge on any atom is 0.296 e. The van der Waals surface area contributed by atoms with Gasteiger partial charge >= 0.3 is 0 Å². The largest absolute Gasteiger partial charge is 0.491 e. The molecule has 0 heterocycles. The van der Waals surface area contributed by atoms with Crippen molar-refractivity contribution in [1.82, 2.24) is 0 Å². The highest BCUT2D eigenvalue weighted by Crippen LogP contribution is 2.23. The van der Waals surface area contributed by atoms with Crippen LogP contribution < -0.4 is 4.74 Å². The molecule has 2 aromatic rings. The zero-order valence-electron chi connectivity index (χ0n) is 15.4. The Labute approximate surface area is 155 Å². The third-order valence-corrected chi connectivity index (χ3v) is 5.13. The molecule has 0 aliphatic carbocycles. The Hall–Kier alpha value is -1.89. The molecular formula is C20H26O5S. The van der Waals surface area contributed by atoms with Crippen molar-refractivity contribution >= 4 is 10.1 Å². The molecule has 0 aliphatic heterocycles. The van der Waals surface area contributed by atoms with Crippen LogP contribution in [0.15, 0.2) is 53.4 Å². The molecule has 0 spiro atoms. The van der Waals surface area contributed by atoms with E-state index in [2.05, 4.69) is 0 Å². The maximum absolute atomic E-state index is 12.3. The van der Waals surface area contributed by atoms with E-state index in [-0.39, 0.29) is 24.0 Å². The van der Waals surface area contributed by atoms with Gasteiger partial charge in [0.2, 0.25) is 0 Å². The fourth-order valence-electron chi connectivity index (χ4n) is 2.44. The van der Waals surface area contributed by atoms with E-state index in [1.165, 1.54) is 0 Å². The quantitative estimate of drug-likeness (QED) is 0.678. The minimum absolute atomic E-state index is 0.0217. The molecule has 2 rings (SSSR count). The topological polar surface area (TPSA) is 72.8 Å². The van der Waals surface area contributed by atoms with E-state index in [9.17, 15) is 13.5 Å². The third-order valence-electron chi connectivity index (χ3n) is 3.84. The molecule has 2 atom stereocenters. The molecule has 0 aliphatic rings. The Morgan fingerprint density at radius 3 is 2.31 bits per heavy atom. The summed E-state index contributed by atoms with van der Waals surface area (Å²) in [5.74, 6) is 0.674. The first kappa shape index (κ1) is 20.4. The summed E-state index contributed by atoms with van der Waals surface area (Å²) >= 11 is 0. The standard InChI is InChI=1S/C20H26O5S/c1-15-8-10-19(11-9-15)26(22,23)25-13-16(2)12-18-6-4-5-7-20(18)24-14-17(3)21/h4-11,16-17,21H,12-14H2,1-3H3. The average Bonchev–Trinajstić information content (AvgIpc) is 2.60. The van der Waals surface area contributed by atoms with Crippen LogP contribution in [0.5, 0.6) is 5.75 Å². The molecule has 142 valence electrons. The molecule has 0 bridgehead atoms. The van der Waals surface area contributed by atoms with E-state index >= 15 is 0 Å². The Morgan fingerprint density at radius 1 is 1.00 bits per heavy atom. The van der Waals surface area contributed by atoms with Crippen LogP contribution in [-0.4, -0.2) is 32.8 Å². The Bertz CT molecular complexity index is 797. The van der Waals surface area contributed by atoms with E-state index in [0.29, 0.717) is 12.2 Å². The van der Waals surface area contributed by atoms with Crippen molar-refractivity contribution in [3.63, 3.8) is 0 Å². The molecule has 6 heteroatoms. The van der Waals surface area contributed by atoms with Crippen molar-refractivity contribution < 1.29 is 22.4 Å². The fourth-order valence-corrected chi connectivity index (χ4v) is 3.45. The van der Waals surface area contributed by atoms with Gasteiger partial charge in [-0.25, -0.2) is 0 Å². The summed E-state index contributed by atoms with van der Waals surface area (Å²) in [5.41, 5.74) is 1.95. The summed E-state index contributed by atoms with van der Waals surface area (Å²) in [6.07, 6.45) is 0.0582. The predicted molar refractivity (Wildman–Crippen MR) is 101 cm³/mol. The van der Waals surface area contributed by atoms with Gasteiger partial charge in [-0.05, 0) is 49.9 Å². The van der Waals surface area contributed by atoms with E-state index in [1.807, 2.05) is 38.1 Å². The number of aryl methyl sites for hydroxylation is 1. The van der Waals surface area contributed by atoms with Crippen LogP contribution in [0.4, 0.5) is 0 Å². The number of para-hydroxylation sites is 1. The summed E-state index contributed by atoms with van der Waals surface area (Å²) < 4.78 is 35.4. The van der Waals surface area contributed by atoms with Gasteiger partial charge in [0.25, 0.3) is 10.1 Å². The smallest absolute Gasteiger partial charge is 0.296 e. The number of aliphatic hydroxyl groups excluding tert-OH is 1. The first-order valence-corrected chi connectivity index (χ1v) is 10.0. The molecule has 0 saturated heterocycles. The lowest BCUT2D eigenvalue weighted by atomic mass is 10.0. The van der Waals surface area contributed by atoms with Gasteiger partial charge in [0.05, 0.1) is 17.6 Å². The number of rotatable bonds is 9. The van der Waals surface area contributed by atoms with Crippen molar-refractivity contribution in [2.24, 2.45) is 5.92 Å². The van der Waals surface area contributed by atoms with Gasteiger partial charge < -0.3 is 9.84 Å². The van der Waals surface area contributed by atoms with Crippen molar-refractivity contribution in [2.75, 3.05) is 13.2 Å². The molecule has 1 N–H and O–H groups in total. The van der Waals surface area contributed by atoms with Crippen LogP contribution in [0.1, 0.15) is 25.0 Å². The highest BCUT2D eigenvalue weighted by molar-refractivity contribution is 7.86. The number of hydrogen-bond acceptors (Lipinski definition) is 5. The second-order valence-corrected chi connectivity index (χ2v) is 8.24. The summed E-state index contributed by atoms with van der Waals surface area (Å²) in [6, 6.07) is 14.1. The van der Waals surface area contributed by atoms with Crippen molar-refractivity contribution in [1.29, 1.82) is 0 Å².